The molecule has 0 spiro atoms. The topological polar surface area (TPSA) is 82.7 Å². The van der Waals surface area contributed by atoms with Crippen molar-refractivity contribution in [1.29, 1.82) is 0 Å². The Balaban J connectivity index is 1.64. The summed E-state index contributed by atoms with van der Waals surface area (Å²) in [4.78, 5) is 12.2. The highest BCUT2D eigenvalue weighted by Gasteiger charge is 2.15. The van der Waals surface area contributed by atoms with E-state index in [1.807, 2.05) is 65.6 Å². The maximum Gasteiger partial charge on any atom is 0.339 e. The van der Waals surface area contributed by atoms with Crippen LogP contribution in [0.2, 0.25) is 25.7 Å². The molecule has 0 bridgehead atoms. The molecule has 0 radical (unpaired) electrons. The molecule has 0 saturated heterocycles. The highest BCUT2D eigenvalue weighted by molar-refractivity contribution is 6.76. The number of hydrogen-bond donors (Lipinski definition) is 1. The van der Waals surface area contributed by atoms with E-state index >= 15 is 0 Å². The Kier molecular flexibility index (Phi) is 7.47. The Morgan fingerprint density at radius 2 is 1.89 bits per heavy atom. The van der Waals surface area contributed by atoms with Gasteiger partial charge in [0.25, 0.3) is 0 Å². The summed E-state index contributed by atoms with van der Waals surface area (Å²) in [6, 6.07) is 18.2. The van der Waals surface area contributed by atoms with Crippen LogP contribution in [0.3, 0.4) is 0 Å². The fraction of sp³-hybridized carbons (Fsp3) is 0.269. The molecular formula is C26H31N5O3Si. The first-order chi connectivity index (χ1) is 16.8. The minimum Gasteiger partial charge on any atom is -0.465 e. The van der Waals surface area contributed by atoms with Crippen molar-refractivity contribution in [2.24, 2.45) is 5.10 Å². The molecule has 182 valence electrons. The number of nitrogens with one attached hydrogen (secondary N) is 1. The van der Waals surface area contributed by atoms with E-state index in [0.717, 1.165) is 28.3 Å². The summed E-state index contributed by atoms with van der Waals surface area (Å²) < 4.78 is 14.5. The van der Waals surface area contributed by atoms with E-state index in [-0.39, 0.29) is 0 Å². The van der Waals surface area contributed by atoms with Crippen molar-refractivity contribution >= 4 is 42.5 Å². The van der Waals surface area contributed by atoms with Crippen LogP contribution in [0.4, 0.5) is 11.4 Å². The Hall–Kier alpha value is -3.69. The van der Waals surface area contributed by atoms with Crippen LogP contribution in [0.1, 0.15) is 16.1 Å². The molecule has 0 amide bonds. The van der Waals surface area contributed by atoms with Crippen LogP contribution in [0, 0.1) is 0 Å². The Labute approximate surface area is 206 Å². The van der Waals surface area contributed by atoms with Crippen LogP contribution >= 0.6 is 0 Å². The number of anilines is 2. The highest BCUT2D eigenvalue weighted by atomic mass is 28.3. The summed E-state index contributed by atoms with van der Waals surface area (Å²) in [6.07, 6.45) is 5.49. The summed E-state index contributed by atoms with van der Waals surface area (Å²) in [5.41, 5.74) is 3.63. The van der Waals surface area contributed by atoms with E-state index in [1.165, 1.54) is 7.11 Å². The van der Waals surface area contributed by atoms with Crippen LogP contribution in [0.25, 0.3) is 10.9 Å². The van der Waals surface area contributed by atoms with Gasteiger partial charge in [0.2, 0.25) is 0 Å². The van der Waals surface area contributed by atoms with Crippen molar-refractivity contribution < 1.29 is 14.3 Å². The predicted octanol–water partition coefficient (Wildman–Crippen LogP) is 5.56. The van der Waals surface area contributed by atoms with E-state index < -0.39 is 14.0 Å². The number of carbonyl (C=O) groups is 1. The van der Waals surface area contributed by atoms with Crippen molar-refractivity contribution in [2.75, 3.05) is 19.0 Å². The Morgan fingerprint density at radius 3 is 2.63 bits per heavy atom. The molecule has 0 aliphatic carbocycles. The van der Waals surface area contributed by atoms with Crippen molar-refractivity contribution in [3.8, 4) is 0 Å². The van der Waals surface area contributed by atoms with Gasteiger partial charge < -0.3 is 14.8 Å². The number of esters is 1. The van der Waals surface area contributed by atoms with Gasteiger partial charge in [-0.05, 0) is 48.5 Å². The van der Waals surface area contributed by atoms with E-state index in [0.29, 0.717) is 24.6 Å². The second-order valence-electron chi connectivity index (χ2n) is 9.43. The number of fused-ring (bicyclic) bond motifs is 1. The highest BCUT2D eigenvalue weighted by Crippen LogP contribution is 2.26. The average molecular weight is 490 g/mol. The predicted molar refractivity (Wildman–Crippen MR) is 142 cm³/mol. The summed E-state index contributed by atoms with van der Waals surface area (Å²) in [5, 5.41) is 13.5. The summed E-state index contributed by atoms with van der Waals surface area (Å²) >= 11 is 0. The number of rotatable bonds is 10. The van der Waals surface area contributed by atoms with E-state index in [9.17, 15) is 4.79 Å². The molecule has 8 nitrogen and oxygen atoms in total. The molecule has 0 fully saturated rings. The molecule has 9 heteroatoms. The zero-order valence-electron chi connectivity index (χ0n) is 20.6. The van der Waals surface area contributed by atoms with Gasteiger partial charge in [-0.2, -0.15) is 10.2 Å². The Bertz CT molecular complexity index is 1320. The number of benzene rings is 2. The van der Waals surface area contributed by atoms with Gasteiger partial charge in [-0.15, -0.1) is 0 Å². The average Bonchev–Trinajstić information content (AvgIpc) is 3.47. The quantitative estimate of drug-likeness (QED) is 0.136. The molecule has 0 unspecified atom stereocenters. The first kappa shape index (κ1) is 24.4. The molecular weight excluding hydrogens is 458 g/mol. The zero-order chi connectivity index (χ0) is 24.8. The fourth-order valence-electron chi connectivity index (χ4n) is 3.56. The van der Waals surface area contributed by atoms with E-state index in [2.05, 4.69) is 30.1 Å². The van der Waals surface area contributed by atoms with Crippen molar-refractivity contribution in [3.05, 3.63) is 78.2 Å². The second kappa shape index (κ2) is 10.7. The molecule has 0 atom stereocenters. The van der Waals surface area contributed by atoms with Gasteiger partial charge >= 0.3 is 5.97 Å². The third kappa shape index (κ3) is 6.26. The summed E-state index contributed by atoms with van der Waals surface area (Å²) in [5.74, 6) is -0.390. The number of ether oxygens (including phenoxy) is 2. The molecule has 0 aliphatic heterocycles. The van der Waals surface area contributed by atoms with Crippen LogP contribution < -0.4 is 5.32 Å². The second-order valence-corrected chi connectivity index (χ2v) is 15.1. The fourth-order valence-corrected chi connectivity index (χ4v) is 4.32. The van der Waals surface area contributed by atoms with Gasteiger partial charge in [0.15, 0.2) is 0 Å². The monoisotopic (exact) mass is 489 g/mol. The van der Waals surface area contributed by atoms with Crippen molar-refractivity contribution in [1.82, 2.24) is 14.5 Å². The molecule has 0 aliphatic rings. The maximum absolute atomic E-state index is 12.2. The minimum atomic E-state index is -1.18. The standard InChI is InChI=1S/C26H31N5O3Si/c1-33-26(32)22-9-5-6-10-23(22)28-20-11-12-21-24(18-27-30-13-7-8-14-30)29-31(25(21)17-20)19-34-15-16-35(2,3)4/h5-14,17-18,28H,15-16,19H2,1-4H3. The largest absolute Gasteiger partial charge is 0.465 e. The summed E-state index contributed by atoms with van der Waals surface area (Å²) in [7, 11) is 0.194. The number of para-hydroxylation sites is 1. The van der Waals surface area contributed by atoms with Gasteiger partial charge in [-0.3, -0.25) is 0 Å². The number of carbonyl (C=O) groups excluding carboxylic acids is 1. The van der Waals surface area contributed by atoms with Crippen LogP contribution in [0.5, 0.6) is 0 Å². The third-order valence-electron chi connectivity index (χ3n) is 5.50. The van der Waals surface area contributed by atoms with Gasteiger partial charge in [0.1, 0.15) is 12.4 Å². The molecule has 4 rings (SSSR count). The van der Waals surface area contributed by atoms with Crippen LogP contribution in [-0.2, 0) is 16.2 Å². The smallest absolute Gasteiger partial charge is 0.339 e. The van der Waals surface area contributed by atoms with Crippen molar-refractivity contribution in [2.45, 2.75) is 32.4 Å². The van der Waals surface area contributed by atoms with Gasteiger partial charge in [0, 0.05) is 38.1 Å². The molecule has 0 saturated carbocycles. The van der Waals surface area contributed by atoms with Gasteiger partial charge in [0.05, 0.1) is 30.1 Å². The lowest BCUT2D eigenvalue weighted by atomic mass is 10.1. The van der Waals surface area contributed by atoms with E-state index in [1.54, 1.807) is 17.0 Å². The first-order valence-electron chi connectivity index (χ1n) is 11.5. The number of aromatic nitrogens is 3. The Morgan fingerprint density at radius 1 is 1.11 bits per heavy atom. The summed E-state index contributed by atoms with van der Waals surface area (Å²) in [6.45, 7) is 8.05. The van der Waals surface area contributed by atoms with Gasteiger partial charge in [-0.1, -0.05) is 31.8 Å². The molecule has 4 aromatic rings. The van der Waals surface area contributed by atoms with Crippen LogP contribution in [0.15, 0.2) is 72.1 Å². The van der Waals surface area contributed by atoms with Crippen molar-refractivity contribution in [3.63, 3.8) is 0 Å². The molecule has 2 aromatic heterocycles. The molecule has 35 heavy (non-hydrogen) atoms. The SMILES string of the molecule is COC(=O)c1ccccc1Nc1ccc2c(C=Nn3cccc3)nn(COCC[Si](C)(C)C)c2c1. The third-order valence-corrected chi connectivity index (χ3v) is 7.21. The van der Waals surface area contributed by atoms with E-state index in [4.69, 9.17) is 14.6 Å². The van der Waals surface area contributed by atoms with Gasteiger partial charge in [-0.25, -0.2) is 14.2 Å². The number of hydrogen-bond acceptors (Lipinski definition) is 6. The molecule has 1 N–H and O–H groups in total. The lowest BCUT2D eigenvalue weighted by Crippen LogP contribution is -2.22. The lowest BCUT2D eigenvalue weighted by Gasteiger charge is -2.15. The molecule has 2 heterocycles. The zero-order valence-corrected chi connectivity index (χ0v) is 21.6. The number of nitrogens with zero attached hydrogens (tertiary/aromatic N) is 4. The first-order valence-corrected chi connectivity index (χ1v) is 15.2. The normalized spacial score (nSPS) is 11.9. The molecule has 2 aromatic carbocycles. The van der Waals surface area contributed by atoms with Crippen LogP contribution in [-0.4, -0.2) is 48.4 Å². The minimum absolute atomic E-state index is 0.348. The lowest BCUT2D eigenvalue weighted by molar-refractivity contribution is 0.0602. The maximum atomic E-state index is 12.2. The number of methoxy groups -OCH3 is 1.